The Bertz CT molecular complexity index is 1700. The summed E-state index contributed by atoms with van der Waals surface area (Å²) < 4.78 is 48.2. The number of carbonyl (C=O) groups is 2. The van der Waals surface area contributed by atoms with Crippen molar-refractivity contribution in [1.29, 1.82) is 0 Å². The van der Waals surface area contributed by atoms with Gasteiger partial charge in [0.25, 0.3) is 10.0 Å². The quantitative estimate of drug-likeness (QED) is 0.176. The molecule has 1 N–H and O–H groups in total. The Morgan fingerprint density at radius 3 is 2.09 bits per heavy atom. The van der Waals surface area contributed by atoms with Crippen LogP contribution in [0.2, 0.25) is 5.02 Å². The van der Waals surface area contributed by atoms with Gasteiger partial charge in [-0.15, -0.1) is 0 Å². The predicted octanol–water partition coefficient (Wildman–Crippen LogP) is 6.10. The third-order valence-electron chi connectivity index (χ3n) is 7.26. The van der Waals surface area contributed by atoms with E-state index in [0.29, 0.717) is 22.9 Å². The first-order chi connectivity index (χ1) is 22.0. The minimum atomic E-state index is -4.29. The van der Waals surface area contributed by atoms with E-state index < -0.39 is 34.3 Å². The lowest BCUT2D eigenvalue weighted by Gasteiger charge is -2.34. The Morgan fingerprint density at radius 2 is 1.50 bits per heavy atom. The van der Waals surface area contributed by atoms with Gasteiger partial charge in [0.1, 0.15) is 24.2 Å². The second kappa shape index (κ2) is 15.7. The van der Waals surface area contributed by atoms with E-state index in [4.69, 9.17) is 16.3 Å². The monoisotopic (exact) mass is 665 g/mol. The number of halogens is 2. The highest BCUT2D eigenvalue weighted by molar-refractivity contribution is 7.92. The number of hydrogen-bond donors (Lipinski definition) is 1. The Hall–Kier alpha value is -4.41. The molecule has 8 nitrogen and oxygen atoms in total. The summed E-state index contributed by atoms with van der Waals surface area (Å²) >= 11 is 6.12. The van der Waals surface area contributed by atoms with E-state index in [-0.39, 0.29) is 35.4 Å². The van der Waals surface area contributed by atoms with Crippen LogP contribution >= 0.6 is 11.6 Å². The van der Waals surface area contributed by atoms with Gasteiger partial charge in [0.05, 0.1) is 17.7 Å². The van der Waals surface area contributed by atoms with Gasteiger partial charge in [0, 0.05) is 24.5 Å². The zero-order valence-corrected chi connectivity index (χ0v) is 27.5. The number of amides is 2. The van der Waals surface area contributed by atoms with E-state index in [1.165, 1.54) is 84.8 Å². The molecule has 242 valence electrons. The molecule has 11 heteroatoms. The lowest BCUT2D eigenvalue weighted by Crippen LogP contribution is -2.53. The molecule has 0 bridgehead atoms. The van der Waals surface area contributed by atoms with Crippen LogP contribution in [0.5, 0.6) is 5.75 Å². The van der Waals surface area contributed by atoms with Crippen LogP contribution in [-0.2, 0) is 32.6 Å². The molecule has 0 fully saturated rings. The van der Waals surface area contributed by atoms with E-state index in [0.717, 1.165) is 9.87 Å². The number of benzene rings is 4. The summed E-state index contributed by atoms with van der Waals surface area (Å²) in [5.41, 5.74) is 1.59. The molecule has 1 atom stereocenters. The molecular formula is C35H37ClFN3O5S. The molecule has 4 aromatic carbocycles. The van der Waals surface area contributed by atoms with Gasteiger partial charge in [-0.1, -0.05) is 67.9 Å². The van der Waals surface area contributed by atoms with Crippen LogP contribution in [0.1, 0.15) is 25.0 Å². The molecule has 0 aliphatic rings. The van der Waals surface area contributed by atoms with Gasteiger partial charge in [0.2, 0.25) is 11.8 Å². The maximum atomic E-state index is 14.4. The van der Waals surface area contributed by atoms with Crippen LogP contribution in [0.25, 0.3) is 0 Å². The molecule has 4 aromatic rings. The first-order valence-corrected chi connectivity index (χ1v) is 16.6. The number of methoxy groups -OCH3 is 1. The van der Waals surface area contributed by atoms with Gasteiger partial charge in [-0.3, -0.25) is 13.9 Å². The van der Waals surface area contributed by atoms with Crippen LogP contribution in [0.3, 0.4) is 0 Å². The number of sulfonamides is 1. The number of ether oxygens (including phenoxy) is 1. The normalized spacial score (nSPS) is 12.0. The van der Waals surface area contributed by atoms with Crippen molar-refractivity contribution in [2.45, 2.75) is 37.8 Å². The highest BCUT2D eigenvalue weighted by Gasteiger charge is 2.34. The van der Waals surface area contributed by atoms with Crippen molar-refractivity contribution in [3.8, 4) is 5.75 Å². The van der Waals surface area contributed by atoms with Crippen molar-refractivity contribution in [3.63, 3.8) is 0 Å². The lowest BCUT2D eigenvalue weighted by atomic mass is 10.0. The minimum absolute atomic E-state index is 0.0587. The molecule has 0 unspecified atom stereocenters. The van der Waals surface area contributed by atoms with E-state index >= 15 is 0 Å². The number of nitrogens with one attached hydrogen (secondary N) is 1. The maximum Gasteiger partial charge on any atom is 0.264 e. The van der Waals surface area contributed by atoms with Crippen molar-refractivity contribution >= 4 is 39.1 Å². The summed E-state index contributed by atoms with van der Waals surface area (Å²) in [6.07, 6.45) is 0.171. The SMILES string of the molecule is COc1ccc(S(=O)(=O)N(CC(=O)N(Cc2ccc(F)cc2)[C@@H](Cc2ccccc2)C(=O)NCC(C)C)c2ccc(Cl)cc2)cc1. The Balaban J connectivity index is 1.79. The summed E-state index contributed by atoms with van der Waals surface area (Å²) in [6.45, 7) is 3.61. The van der Waals surface area contributed by atoms with E-state index in [1.54, 1.807) is 0 Å². The molecule has 0 radical (unpaired) electrons. The van der Waals surface area contributed by atoms with Crippen LogP contribution in [0, 0.1) is 11.7 Å². The van der Waals surface area contributed by atoms with Crippen LogP contribution in [0.15, 0.2) is 108 Å². The van der Waals surface area contributed by atoms with Crippen LogP contribution < -0.4 is 14.4 Å². The fourth-order valence-electron chi connectivity index (χ4n) is 4.77. The average Bonchev–Trinajstić information content (AvgIpc) is 3.05. The van der Waals surface area contributed by atoms with E-state index in [1.807, 2.05) is 44.2 Å². The van der Waals surface area contributed by atoms with Crippen LogP contribution in [0.4, 0.5) is 10.1 Å². The zero-order chi connectivity index (χ0) is 33.3. The summed E-state index contributed by atoms with van der Waals surface area (Å²) in [5, 5.41) is 3.33. The second-order valence-electron chi connectivity index (χ2n) is 11.2. The molecule has 0 saturated heterocycles. The maximum absolute atomic E-state index is 14.4. The predicted molar refractivity (Wildman–Crippen MR) is 178 cm³/mol. The molecule has 2 amide bonds. The first-order valence-electron chi connectivity index (χ1n) is 14.8. The fourth-order valence-corrected chi connectivity index (χ4v) is 6.31. The summed E-state index contributed by atoms with van der Waals surface area (Å²) in [4.78, 5) is 29.5. The Labute approximate surface area is 274 Å². The Morgan fingerprint density at radius 1 is 0.870 bits per heavy atom. The van der Waals surface area contributed by atoms with Gasteiger partial charge in [-0.05, 0) is 77.7 Å². The van der Waals surface area contributed by atoms with Gasteiger partial charge in [0.15, 0.2) is 0 Å². The minimum Gasteiger partial charge on any atom is -0.497 e. The third-order valence-corrected chi connectivity index (χ3v) is 9.30. The van der Waals surface area contributed by atoms with E-state index in [9.17, 15) is 22.4 Å². The van der Waals surface area contributed by atoms with Crippen molar-refractivity contribution in [2.75, 3.05) is 24.5 Å². The average molecular weight is 666 g/mol. The van der Waals surface area contributed by atoms with Gasteiger partial charge >= 0.3 is 0 Å². The molecule has 0 saturated carbocycles. The zero-order valence-electron chi connectivity index (χ0n) is 25.9. The molecule has 46 heavy (non-hydrogen) atoms. The topological polar surface area (TPSA) is 96.0 Å². The molecule has 0 aliphatic carbocycles. The first kappa shape index (κ1) is 34.5. The molecule has 0 heterocycles. The molecular weight excluding hydrogens is 629 g/mol. The molecule has 0 aliphatic heterocycles. The number of nitrogens with zero attached hydrogens (tertiary/aromatic N) is 2. The largest absolute Gasteiger partial charge is 0.497 e. The van der Waals surface area contributed by atoms with Crippen molar-refractivity contribution in [1.82, 2.24) is 10.2 Å². The second-order valence-corrected chi connectivity index (χ2v) is 13.5. The third kappa shape index (κ3) is 9.08. The van der Waals surface area contributed by atoms with Crippen LogP contribution in [-0.4, -0.2) is 51.4 Å². The molecule has 0 aromatic heterocycles. The van der Waals surface area contributed by atoms with E-state index in [2.05, 4.69) is 5.32 Å². The number of hydrogen-bond acceptors (Lipinski definition) is 5. The van der Waals surface area contributed by atoms with Crippen molar-refractivity contribution in [2.24, 2.45) is 5.92 Å². The standard InChI is InChI=1S/C35H37ClFN3O5S/c1-25(2)22-38-35(42)33(21-26-7-5-4-6-8-26)39(23-27-9-13-29(37)14-10-27)34(41)24-40(30-15-11-28(36)12-16-30)46(43,44)32-19-17-31(45-3)18-20-32/h4-20,25,33H,21-24H2,1-3H3,(H,38,42)/t33-/m0/s1. The lowest BCUT2D eigenvalue weighted by molar-refractivity contribution is -0.140. The summed E-state index contributed by atoms with van der Waals surface area (Å²) in [6, 6.07) is 25.8. The number of anilines is 1. The smallest absolute Gasteiger partial charge is 0.264 e. The number of rotatable bonds is 14. The van der Waals surface area contributed by atoms with Gasteiger partial charge < -0.3 is 15.0 Å². The fraction of sp³-hybridized carbons (Fsp3) is 0.257. The Kier molecular flexibility index (Phi) is 11.8. The van der Waals surface area contributed by atoms with Gasteiger partial charge in [-0.2, -0.15) is 0 Å². The summed E-state index contributed by atoms with van der Waals surface area (Å²) in [7, 11) is -2.81. The highest BCUT2D eigenvalue weighted by atomic mass is 35.5. The molecule has 4 rings (SSSR count). The highest BCUT2D eigenvalue weighted by Crippen LogP contribution is 2.27. The van der Waals surface area contributed by atoms with Gasteiger partial charge in [-0.25, -0.2) is 12.8 Å². The number of carbonyl (C=O) groups excluding carboxylic acids is 2. The summed E-state index contributed by atoms with van der Waals surface area (Å²) in [5.74, 6) is -0.843. The molecule has 0 spiro atoms. The van der Waals surface area contributed by atoms with Crippen molar-refractivity contribution < 1.29 is 27.1 Å². The van der Waals surface area contributed by atoms with Crippen molar-refractivity contribution in [3.05, 3.63) is 125 Å².